The topological polar surface area (TPSA) is 18.5 Å². The predicted octanol–water partition coefficient (Wildman–Crippen LogP) is 2.54. The van der Waals surface area contributed by atoms with Crippen LogP contribution in [0.25, 0.3) is 0 Å². The van der Waals surface area contributed by atoms with Crippen molar-refractivity contribution in [2.24, 2.45) is 0 Å². The van der Waals surface area contributed by atoms with Crippen molar-refractivity contribution >= 4 is 0 Å². The molecule has 0 aromatic heterocycles. The Morgan fingerprint density at radius 1 is 1.46 bits per heavy atom. The molecule has 0 unspecified atom stereocenters. The van der Waals surface area contributed by atoms with Crippen LogP contribution in [0.15, 0.2) is 12.2 Å². The number of rotatable bonds is 6. The largest absolute Gasteiger partial charge is 0.375 e. The number of hydrogen-bond donors (Lipinski definition) is 0. The highest BCUT2D eigenvalue weighted by molar-refractivity contribution is 4.87. The first kappa shape index (κ1) is 10.7. The van der Waals surface area contributed by atoms with Crippen LogP contribution in [0, 0.1) is 0 Å². The highest BCUT2D eigenvalue weighted by Gasteiger charge is 2.38. The van der Waals surface area contributed by atoms with Gasteiger partial charge in [0.15, 0.2) is 0 Å². The monoisotopic (exact) mass is 184 g/mol. The molecule has 0 atom stereocenters. The van der Waals surface area contributed by atoms with Crippen molar-refractivity contribution < 1.29 is 9.47 Å². The minimum Gasteiger partial charge on any atom is -0.375 e. The summed E-state index contributed by atoms with van der Waals surface area (Å²) in [5.74, 6) is 0. The second-order valence-electron chi connectivity index (χ2n) is 3.63. The Bertz CT molecular complexity index is 159. The maximum atomic E-state index is 5.83. The molecule has 1 fully saturated rings. The van der Waals surface area contributed by atoms with Gasteiger partial charge in [0.05, 0.1) is 19.8 Å². The summed E-state index contributed by atoms with van der Waals surface area (Å²) in [6, 6.07) is 0. The minimum atomic E-state index is 0.0658. The second-order valence-corrected chi connectivity index (χ2v) is 3.63. The summed E-state index contributed by atoms with van der Waals surface area (Å²) in [5.41, 5.74) is 0.0658. The zero-order chi connectivity index (χ0) is 9.57. The Hall–Kier alpha value is -0.340. The molecule has 1 saturated heterocycles. The third kappa shape index (κ3) is 3.12. The van der Waals surface area contributed by atoms with Gasteiger partial charge < -0.3 is 9.47 Å². The van der Waals surface area contributed by atoms with Crippen molar-refractivity contribution in [1.82, 2.24) is 0 Å². The molecule has 2 nitrogen and oxygen atoms in total. The molecule has 0 amide bonds. The molecule has 1 aliphatic rings. The number of allylic oxidation sites excluding steroid dienone is 1. The molecular formula is C11H20O2. The fourth-order valence-electron chi connectivity index (χ4n) is 1.60. The smallest absolute Gasteiger partial charge is 0.115 e. The van der Waals surface area contributed by atoms with Gasteiger partial charge in [0.1, 0.15) is 5.60 Å². The zero-order valence-electron chi connectivity index (χ0n) is 8.71. The molecule has 1 aliphatic heterocycles. The van der Waals surface area contributed by atoms with E-state index in [1.165, 1.54) is 6.42 Å². The van der Waals surface area contributed by atoms with Crippen LogP contribution in [0.1, 0.15) is 33.1 Å². The van der Waals surface area contributed by atoms with Crippen LogP contribution in [-0.2, 0) is 9.47 Å². The fraction of sp³-hybridized carbons (Fsp3) is 0.818. The molecule has 0 aromatic carbocycles. The van der Waals surface area contributed by atoms with Gasteiger partial charge in [-0.15, -0.1) is 0 Å². The quantitative estimate of drug-likeness (QED) is 0.466. The van der Waals surface area contributed by atoms with Gasteiger partial charge in [-0.2, -0.15) is 0 Å². The number of ether oxygens (including phenoxy) is 2. The molecule has 13 heavy (non-hydrogen) atoms. The summed E-state index contributed by atoms with van der Waals surface area (Å²) in [5, 5.41) is 0. The van der Waals surface area contributed by atoms with E-state index in [4.69, 9.17) is 9.47 Å². The lowest BCUT2D eigenvalue weighted by Crippen LogP contribution is -2.51. The van der Waals surface area contributed by atoms with Gasteiger partial charge in [0.25, 0.3) is 0 Å². The van der Waals surface area contributed by atoms with E-state index in [-0.39, 0.29) is 5.60 Å². The normalized spacial score (nSPS) is 20.5. The van der Waals surface area contributed by atoms with Crippen LogP contribution in [0.4, 0.5) is 0 Å². The highest BCUT2D eigenvalue weighted by atomic mass is 16.6. The van der Waals surface area contributed by atoms with Crippen molar-refractivity contribution in [3.63, 3.8) is 0 Å². The average Bonchev–Trinajstić information content (AvgIpc) is 2.08. The molecule has 0 N–H and O–H groups in total. The van der Waals surface area contributed by atoms with Crippen LogP contribution < -0.4 is 0 Å². The maximum Gasteiger partial charge on any atom is 0.115 e. The van der Waals surface area contributed by atoms with E-state index in [0.717, 1.165) is 32.7 Å². The highest BCUT2D eigenvalue weighted by Crippen LogP contribution is 2.27. The van der Waals surface area contributed by atoms with Gasteiger partial charge in [0, 0.05) is 0 Å². The summed E-state index contributed by atoms with van der Waals surface area (Å²) >= 11 is 0. The Balaban J connectivity index is 2.16. The number of hydrogen-bond acceptors (Lipinski definition) is 2. The Kier molecular flexibility index (Phi) is 4.46. The lowest BCUT2D eigenvalue weighted by Gasteiger charge is -2.41. The van der Waals surface area contributed by atoms with Gasteiger partial charge >= 0.3 is 0 Å². The summed E-state index contributed by atoms with van der Waals surface area (Å²) in [4.78, 5) is 0. The van der Waals surface area contributed by atoms with E-state index in [1.807, 2.05) is 6.92 Å². The van der Waals surface area contributed by atoms with Crippen LogP contribution in [-0.4, -0.2) is 25.4 Å². The zero-order valence-corrected chi connectivity index (χ0v) is 8.71. The van der Waals surface area contributed by atoms with Gasteiger partial charge in [-0.1, -0.05) is 25.5 Å². The molecule has 0 radical (unpaired) electrons. The van der Waals surface area contributed by atoms with Crippen LogP contribution in [0.3, 0.4) is 0 Å². The molecule has 0 aliphatic carbocycles. The molecule has 0 bridgehead atoms. The lowest BCUT2D eigenvalue weighted by molar-refractivity contribution is -0.212. The van der Waals surface area contributed by atoms with Crippen LogP contribution >= 0.6 is 0 Å². The summed E-state index contributed by atoms with van der Waals surface area (Å²) < 4.78 is 11.0. The minimum absolute atomic E-state index is 0.0658. The predicted molar refractivity (Wildman–Crippen MR) is 53.8 cm³/mol. The maximum absolute atomic E-state index is 5.83. The molecule has 0 saturated carbocycles. The van der Waals surface area contributed by atoms with E-state index in [2.05, 4.69) is 19.1 Å². The van der Waals surface area contributed by atoms with Crippen LogP contribution in [0.2, 0.25) is 0 Å². The van der Waals surface area contributed by atoms with Gasteiger partial charge in [-0.3, -0.25) is 0 Å². The van der Waals surface area contributed by atoms with Crippen molar-refractivity contribution in [1.29, 1.82) is 0 Å². The molecule has 2 heteroatoms. The van der Waals surface area contributed by atoms with E-state index >= 15 is 0 Å². The molecule has 0 spiro atoms. The molecular weight excluding hydrogens is 164 g/mol. The Labute approximate surface area is 80.9 Å². The first-order chi connectivity index (χ1) is 6.33. The first-order valence-electron chi connectivity index (χ1n) is 5.16. The van der Waals surface area contributed by atoms with Gasteiger partial charge in [0.2, 0.25) is 0 Å². The third-order valence-corrected chi connectivity index (χ3v) is 2.36. The lowest BCUT2D eigenvalue weighted by atomic mass is 9.96. The van der Waals surface area contributed by atoms with E-state index in [9.17, 15) is 0 Å². The molecule has 1 rings (SSSR count). The summed E-state index contributed by atoms with van der Waals surface area (Å²) in [7, 11) is 0. The van der Waals surface area contributed by atoms with Crippen molar-refractivity contribution in [3.8, 4) is 0 Å². The summed E-state index contributed by atoms with van der Waals surface area (Å²) in [6.07, 6.45) is 7.52. The standard InChI is InChI=1S/C11H20O2/c1-3-5-6-8-13-11(7-4-2)9-12-10-11/h3,5H,4,6-10H2,1-2H3. The average molecular weight is 184 g/mol. The third-order valence-electron chi connectivity index (χ3n) is 2.36. The SMILES string of the molecule is CC=CCCOC1(CCC)COC1. The van der Waals surface area contributed by atoms with Gasteiger partial charge in [-0.25, -0.2) is 0 Å². The summed E-state index contributed by atoms with van der Waals surface area (Å²) in [6.45, 7) is 6.63. The van der Waals surface area contributed by atoms with Crippen LogP contribution in [0.5, 0.6) is 0 Å². The van der Waals surface area contributed by atoms with E-state index in [0.29, 0.717) is 0 Å². The van der Waals surface area contributed by atoms with E-state index < -0.39 is 0 Å². The first-order valence-corrected chi connectivity index (χ1v) is 5.16. The molecule has 76 valence electrons. The van der Waals surface area contributed by atoms with Crippen molar-refractivity contribution in [2.45, 2.75) is 38.7 Å². The Morgan fingerprint density at radius 3 is 2.69 bits per heavy atom. The second kappa shape index (κ2) is 5.40. The fourth-order valence-corrected chi connectivity index (χ4v) is 1.60. The van der Waals surface area contributed by atoms with Gasteiger partial charge in [-0.05, 0) is 19.8 Å². The van der Waals surface area contributed by atoms with Crippen molar-refractivity contribution in [2.75, 3.05) is 19.8 Å². The molecule has 0 aromatic rings. The molecule has 1 heterocycles. The van der Waals surface area contributed by atoms with E-state index in [1.54, 1.807) is 0 Å². The Morgan fingerprint density at radius 2 is 2.23 bits per heavy atom. The van der Waals surface area contributed by atoms with Crippen molar-refractivity contribution in [3.05, 3.63) is 12.2 Å².